The highest BCUT2D eigenvalue weighted by molar-refractivity contribution is 5.96. The van der Waals surface area contributed by atoms with Gasteiger partial charge in [-0.1, -0.05) is 17.2 Å². The van der Waals surface area contributed by atoms with Crippen molar-refractivity contribution in [3.63, 3.8) is 0 Å². The van der Waals surface area contributed by atoms with E-state index in [-0.39, 0.29) is 29.9 Å². The Morgan fingerprint density at radius 1 is 1.22 bits per heavy atom. The van der Waals surface area contributed by atoms with E-state index in [0.29, 0.717) is 31.0 Å². The molecule has 27 heavy (non-hydrogen) atoms. The Morgan fingerprint density at radius 2 is 2.00 bits per heavy atom. The van der Waals surface area contributed by atoms with Crippen molar-refractivity contribution in [1.29, 1.82) is 0 Å². The minimum atomic E-state index is -0.359. The number of hydrogen-bond acceptors (Lipinski definition) is 4. The van der Waals surface area contributed by atoms with Gasteiger partial charge in [-0.05, 0) is 44.5 Å². The molecule has 2 fully saturated rings. The number of nitrogens with one attached hydrogen (secondary N) is 1. The van der Waals surface area contributed by atoms with Crippen LogP contribution in [-0.4, -0.2) is 42.0 Å². The van der Waals surface area contributed by atoms with Gasteiger partial charge >= 0.3 is 0 Å². The number of nitrogens with zero attached hydrogens (tertiary/aromatic N) is 1. The summed E-state index contributed by atoms with van der Waals surface area (Å²) in [4.78, 5) is 27.7. The van der Waals surface area contributed by atoms with Gasteiger partial charge in [-0.15, -0.1) is 0 Å². The third kappa shape index (κ3) is 3.49. The van der Waals surface area contributed by atoms with E-state index >= 15 is 0 Å². The number of amides is 2. The fourth-order valence-electron chi connectivity index (χ4n) is 4.22. The normalized spacial score (nSPS) is 24.1. The van der Waals surface area contributed by atoms with E-state index in [4.69, 9.17) is 9.15 Å². The molecule has 2 saturated heterocycles. The summed E-state index contributed by atoms with van der Waals surface area (Å²) < 4.78 is 11.1. The van der Waals surface area contributed by atoms with Gasteiger partial charge in [0.05, 0.1) is 30.9 Å². The number of likely N-dealkylation sites (tertiary alicyclic amines) is 1. The Balaban J connectivity index is 1.49. The molecule has 0 spiro atoms. The Kier molecular flexibility index (Phi) is 4.74. The van der Waals surface area contributed by atoms with Gasteiger partial charge in [-0.2, -0.15) is 0 Å². The number of hydrogen-bond donors (Lipinski definition) is 1. The van der Waals surface area contributed by atoms with E-state index in [2.05, 4.69) is 5.32 Å². The second kappa shape index (κ2) is 7.19. The highest BCUT2D eigenvalue weighted by Gasteiger charge is 2.50. The zero-order valence-corrected chi connectivity index (χ0v) is 15.6. The molecule has 3 heterocycles. The molecule has 2 aromatic rings. The van der Waals surface area contributed by atoms with Crippen LogP contribution in [0.5, 0.6) is 0 Å². The van der Waals surface area contributed by atoms with Gasteiger partial charge in [-0.3, -0.25) is 9.59 Å². The molecule has 0 unspecified atom stereocenters. The molecular weight excluding hydrogens is 344 g/mol. The zero-order chi connectivity index (χ0) is 19.0. The van der Waals surface area contributed by atoms with E-state index in [1.54, 1.807) is 12.3 Å². The van der Waals surface area contributed by atoms with Crippen LogP contribution in [0.15, 0.2) is 41.0 Å². The van der Waals surface area contributed by atoms with Crippen LogP contribution in [0.25, 0.3) is 0 Å². The molecule has 0 bridgehead atoms. The maximum atomic E-state index is 13.1. The van der Waals surface area contributed by atoms with E-state index in [1.807, 2.05) is 43.0 Å². The number of furan rings is 1. The Labute approximate surface area is 158 Å². The van der Waals surface area contributed by atoms with Crippen LogP contribution in [0.1, 0.15) is 33.7 Å². The minimum Gasteiger partial charge on any atom is -0.467 e. The maximum absolute atomic E-state index is 13.1. The van der Waals surface area contributed by atoms with Crippen molar-refractivity contribution in [3.8, 4) is 0 Å². The van der Waals surface area contributed by atoms with E-state index < -0.39 is 0 Å². The van der Waals surface area contributed by atoms with Gasteiger partial charge in [0.25, 0.3) is 5.91 Å². The van der Waals surface area contributed by atoms with Crippen LogP contribution in [0.2, 0.25) is 0 Å². The van der Waals surface area contributed by atoms with Crippen LogP contribution >= 0.6 is 0 Å². The van der Waals surface area contributed by atoms with Gasteiger partial charge in [0.2, 0.25) is 5.91 Å². The lowest BCUT2D eigenvalue weighted by atomic mass is 10.0. The maximum Gasteiger partial charge on any atom is 0.254 e. The van der Waals surface area contributed by atoms with Crippen molar-refractivity contribution in [3.05, 3.63) is 59.0 Å². The fraction of sp³-hybridized carbons (Fsp3) is 0.429. The molecule has 1 aromatic heterocycles. The second-order valence-corrected chi connectivity index (χ2v) is 7.43. The molecule has 6 heteroatoms. The summed E-state index contributed by atoms with van der Waals surface area (Å²) in [6, 6.07) is 9.43. The number of ether oxygens (including phenoxy) is 1. The Hall–Kier alpha value is -2.60. The van der Waals surface area contributed by atoms with Crippen LogP contribution < -0.4 is 5.32 Å². The van der Waals surface area contributed by atoms with E-state index in [9.17, 15) is 9.59 Å². The van der Waals surface area contributed by atoms with Gasteiger partial charge in [-0.25, -0.2) is 0 Å². The molecule has 1 N–H and O–H groups in total. The first kappa shape index (κ1) is 17.8. The molecule has 2 aliphatic heterocycles. The lowest BCUT2D eigenvalue weighted by molar-refractivity contribution is -0.127. The lowest BCUT2D eigenvalue weighted by Crippen LogP contribution is -2.37. The summed E-state index contributed by atoms with van der Waals surface area (Å²) >= 11 is 0. The van der Waals surface area contributed by atoms with Gasteiger partial charge in [0, 0.05) is 18.7 Å². The molecule has 0 saturated carbocycles. The van der Waals surface area contributed by atoms with Crippen molar-refractivity contribution in [2.45, 2.75) is 39.0 Å². The molecule has 1 aromatic carbocycles. The van der Waals surface area contributed by atoms with Crippen molar-refractivity contribution in [1.82, 2.24) is 10.2 Å². The topological polar surface area (TPSA) is 71.8 Å². The number of rotatable bonds is 4. The number of fused-ring (bicyclic) bond motifs is 1. The van der Waals surface area contributed by atoms with E-state index in [1.165, 1.54) is 0 Å². The molecule has 2 aliphatic rings. The summed E-state index contributed by atoms with van der Waals surface area (Å²) in [6.07, 6.45) is 2.11. The molecule has 6 nitrogen and oxygen atoms in total. The summed E-state index contributed by atoms with van der Waals surface area (Å²) in [5.74, 6) is 0.221. The number of aryl methyl sites for hydroxylation is 2. The Bertz CT molecular complexity index is 826. The largest absolute Gasteiger partial charge is 0.467 e. The summed E-state index contributed by atoms with van der Waals surface area (Å²) in [5.41, 5.74) is 2.80. The van der Waals surface area contributed by atoms with Crippen LogP contribution in [0.3, 0.4) is 0 Å². The summed E-state index contributed by atoms with van der Waals surface area (Å²) in [6.45, 7) is 5.27. The molecule has 3 atom stereocenters. The highest BCUT2D eigenvalue weighted by atomic mass is 16.5. The van der Waals surface area contributed by atoms with Crippen molar-refractivity contribution < 1.29 is 18.7 Å². The number of benzene rings is 1. The molecule has 2 amide bonds. The SMILES string of the molecule is Cc1cc(C)cc(C(=O)N2C[C@H](C(=O)NCc3ccco3)[C@@H]3OCC[C@H]32)c1. The zero-order valence-electron chi connectivity index (χ0n) is 15.6. The van der Waals surface area contributed by atoms with Crippen LogP contribution in [0.4, 0.5) is 0 Å². The third-order valence-corrected chi connectivity index (χ3v) is 5.38. The highest BCUT2D eigenvalue weighted by Crippen LogP contribution is 2.34. The smallest absolute Gasteiger partial charge is 0.254 e. The number of carbonyl (C=O) groups excluding carboxylic acids is 2. The fourth-order valence-corrected chi connectivity index (χ4v) is 4.22. The van der Waals surface area contributed by atoms with Crippen molar-refractivity contribution in [2.24, 2.45) is 5.92 Å². The molecule has 4 rings (SSSR count). The van der Waals surface area contributed by atoms with Gasteiger partial charge < -0.3 is 19.4 Å². The first-order valence-electron chi connectivity index (χ1n) is 9.34. The average Bonchev–Trinajstić information content (AvgIpc) is 3.35. The monoisotopic (exact) mass is 368 g/mol. The quantitative estimate of drug-likeness (QED) is 0.900. The Morgan fingerprint density at radius 3 is 2.70 bits per heavy atom. The first-order valence-corrected chi connectivity index (χ1v) is 9.34. The minimum absolute atomic E-state index is 0.0244. The molecule has 0 radical (unpaired) electrons. The van der Waals surface area contributed by atoms with Crippen LogP contribution in [-0.2, 0) is 16.1 Å². The first-order chi connectivity index (χ1) is 13.0. The predicted molar refractivity (Wildman–Crippen MR) is 99.1 cm³/mol. The summed E-state index contributed by atoms with van der Waals surface area (Å²) in [7, 11) is 0. The molecular formula is C21H24N2O4. The number of carbonyl (C=O) groups is 2. The predicted octanol–water partition coefficient (Wildman–Crippen LogP) is 2.44. The lowest BCUT2D eigenvalue weighted by Gasteiger charge is -2.23. The third-order valence-electron chi connectivity index (χ3n) is 5.38. The second-order valence-electron chi connectivity index (χ2n) is 7.43. The van der Waals surface area contributed by atoms with Crippen molar-refractivity contribution in [2.75, 3.05) is 13.2 Å². The van der Waals surface area contributed by atoms with Gasteiger partial charge in [0.1, 0.15) is 5.76 Å². The summed E-state index contributed by atoms with van der Waals surface area (Å²) in [5, 5.41) is 2.91. The van der Waals surface area contributed by atoms with E-state index in [0.717, 1.165) is 17.5 Å². The average molecular weight is 368 g/mol. The van der Waals surface area contributed by atoms with Gasteiger partial charge in [0.15, 0.2) is 0 Å². The van der Waals surface area contributed by atoms with Crippen LogP contribution in [0, 0.1) is 19.8 Å². The molecule has 142 valence electrons. The standard InChI is InChI=1S/C21H24N2O4/c1-13-8-14(2)10-15(9-13)21(25)23-12-17(19-18(23)5-7-27-19)20(24)22-11-16-4-3-6-26-16/h3-4,6,8-10,17-19H,5,7,11-12H2,1-2H3,(H,22,24)/t17-,18+,19-/m0/s1. The molecule has 0 aliphatic carbocycles. The van der Waals surface area contributed by atoms with Crippen molar-refractivity contribution >= 4 is 11.8 Å².